The van der Waals surface area contributed by atoms with E-state index in [2.05, 4.69) is 4.98 Å². The lowest BCUT2D eigenvalue weighted by Crippen LogP contribution is -1.98. The van der Waals surface area contributed by atoms with Crippen LogP contribution in [0, 0.1) is 0 Å². The number of carbonyl (C=O) groups is 1. The van der Waals surface area contributed by atoms with Crippen molar-refractivity contribution < 1.29 is 9.90 Å². The molecule has 0 amide bonds. The zero-order valence-electron chi connectivity index (χ0n) is 6.53. The number of nitrogens with zero attached hydrogens (tertiary/aromatic N) is 1. The molecule has 64 valence electrons. The number of pyridine rings is 1. The average Bonchev–Trinajstić information content (AvgIpc) is 2.01. The first-order chi connectivity index (χ1) is 5.68. The number of hydrogen-bond donors (Lipinski definition) is 2. The van der Waals surface area contributed by atoms with Gasteiger partial charge >= 0.3 is 5.97 Å². The molecule has 0 aliphatic heterocycles. The SMILES string of the molecule is Nc1cncc(CCC(=O)O)c1. The smallest absolute Gasteiger partial charge is 0.303 e. The summed E-state index contributed by atoms with van der Waals surface area (Å²) < 4.78 is 0. The van der Waals surface area contributed by atoms with Crippen LogP contribution in [0.4, 0.5) is 5.69 Å². The van der Waals surface area contributed by atoms with Crippen molar-refractivity contribution in [2.45, 2.75) is 12.8 Å². The lowest BCUT2D eigenvalue weighted by molar-refractivity contribution is -0.136. The maximum atomic E-state index is 10.2. The Bertz CT molecular complexity index is 286. The van der Waals surface area contributed by atoms with Crippen LogP contribution in [-0.2, 0) is 11.2 Å². The van der Waals surface area contributed by atoms with E-state index in [0.717, 1.165) is 5.56 Å². The lowest BCUT2D eigenvalue weighted by atomic mass is 10.1. The molecule has 1 aromatic heterocycles. The van der Waals surface area contributed by atoms with Crippen molar-refractivity contribution in [1.29, 1.82) is 0 Å². The minimum absolute atomic E-state index is 0.116. The van der Waals surface area contributed by atoms with Crippen LogP contribution < -0.4 is 5.73 Å². The van der Waals surface area contributed by atoms with Crippen molar-refractivity contribution in [3.8, 4) is 0 Å². The van der Waals surface area contributed by atoms with Crippen molar-refractivity contribution in [2.24, 2.45) is 0 Å². The van der Waals surface area contributed by atoms with Gasteiger partial charge in [0.25, 0.3) is 0 Å². The van der Waals surface area contributed by atoms with Crippen molar-refractivity contribution in [1.82, 2.24) is 4.98 Å². The molecule has 1 aromatic rings. The van der Waals surface area contributed by atoms with Crippen LogP contribution in [0.15, 0.2) is 18.5 Å². The van der Waals surface area contributed by atoms with E-state index in [9.17, 15) is 4.79 Å². The van der Waals surface area contributed by atoms with Gasteiger partial charge in [-0.3, -0.25) is 9.78 Å². The van der Waals surface area contributed by atoms with Crippen molar-refractivity contribution >= 4 is 11.7 Å². The van der Waals surface area contributed by atoms with E-state index >= 15 is 0 Å². The molecule has 0 spiro atoms. The summed E-state index contributed by atoms with van der Waals surface area (Å²) in [5, 5.41) is 8.39. The Morgan fingerprint density at radius 2 is 2.33 bits per heavy atom. The molecule has 1 heterocycles. The molecule has 12 heavy (non-hydrogen) atoms. The Balaban J connectivity index is 2.57. The first kappa shape index (κ1) is 8.52. The molecular weight excluding hydrogens is 156 g/mol. The fourth-order valence-corrected chi connectivity index (χ4v) is 0.896. The Labute approximate surface area is 70.0 Å². The molecular formula is C8H10N2O2. The highest BCUT2D eigenvalue weighted by atomic mass is 16.4. The summed E-state index contributed by atoms with van der Waals surface area (Å²) in [5.74, 6) is -0.808. The molecule has 0 aliphatic carbocycles. The molecule has 4 nitrogen and oxygen atoms in total. The molecule has 0 radical (unpaired) electrons. The van der Waals surface area contributed by atoms with Crippen LogP contribution in [0.3, 0.4) is 0 Å². The number of carboxylic acid groups (broad SMARTS) is 1. The molecule has 0 saturated heterocycles. The summed E-state index contributed by atoms with van der Waals surface area (Å²) in [7, 11) is 0. The molecule has 0 aromatic carbocycles. The highest BCUT2D eigenvalue weighted by Gasteiger charge is 1.99. The monoisotopic (exact) mass is 166 g/mol. The maximum Gasteiger partial charge on any atom is 0.303 e. The lowest BCUT2D eigenvalue weighted by Gasteiger charge is -1.98. The van der Waals surface area contributed by atoms with Gasteiger partial charge in [0.2, 0.25) is 0 Å². The number of hydrogen-bond acceptors (Lipinski definition) is 3. The first-order valence-electron chi connectivity index (χ1n) is 3.59. The second-order valence-corrected chi connectivity index (χ2v) is 2.52. The molecule has 0 atom stereocenters. The summed E-state index contributed by atoms with van der Waals surface area (Å²) in [6.07, 6.45) is 3.75. The molecule has 0 unspecified atom stereocenters. The number of aromatic nitrogens is 1. The number of carboxylic acids is 1. The Hall–Kier alpha value is -1.58. The summed E-state index contributed by atoms with van der Waals surface area (Å²) in [5.41, 5.74) is 6.88. The van der Waals surface area contributed by atoms with Crippen LogP contribution >= 0.6 is 0 Å². The van der Waals surface area contributed by atoms with Gasteiger partial charge in [0.05, 0.1) is 5.69 Å². The minimum Gasteiger partial charge on any atom is -0.481 e. The highest BCUT2D eigenvalue weighted by Crippen LogP contribution is 2.05. The van der Waals surface area contributed by atoms with Gasteiger partial charge in [-0.25, -0.2) is 0 Å². The Morgan fingerprint density at radius 3 is 2.92 bits per heavy atom. The predicted molar refractivity (Wildman–Crippen MR) is 44.6 cm³/mol. The van der Waals surface area contributed by atoms with E-state index in [0.29, 0.717) is 12.1 Å². The van der Waals surface area contributed by atoms with E-state index in [-0.39, 0.29) is 6.42 Å². The first-order valence-corrected chi connectivity index (χ1v) is 3.59. The van der Waals surface area contributed by atoms with Gasteiger partial charge in [-0.05, 0) is 18.1 Å². The molecule has 0 fully saturated rings. The summed E-state index contributed by atoms with van der Waals surface area (Å²) >= 11 is 0. The van der Waals surface area contributed by atoms with Crippen molar-refractivity contribution in [3.05, 3.63) is 24.0 Å². The highest BCUT2D eigenvalue weighted by molar-refractivity contribution is 5.67. The van der Waals surface area contributed by atoms with Gasteiger partial charge in [0.15, 0.2) is 0 Å². The zero-order chi connectivity index (χ0) is 8.97. The number of anilines is 1. The van der Waals surface area contributed by atoms with Gasteiger partial charge < -0.3 is 10.8 Å². The molecule has 3 N–H and O–H groups in total. The van der Waals surface area contributed by atoms with E-state index in [4.69, 9.17) is 10.8 Å². The Morgan fingerprint density at radius 1 is 1.58 bits per heavy atom. The third-order valence-corrected chi connectivity index (χ3v) is 1.44. The predicted octanol–water partition coefficient (Wildman–Crippen LogP) is 0.681. The number of aryl methyl sites for hydroxylation is 1. The fourth-order valence-electron chi connectivity index (χ4n) is 0.896. The standard InChI is InChI=1S/C8H10N2O2/c9-7-3-6(4-10-5-7)1-2-8(11)12/h3-5H,1-2,9H2,(H,11,12). The number of aliphatic carboxylic acids is 1. The molecule has 0 aliphatic rings. The summed E-state index contributed by atoms with van der Waals surface area (Å²) in [6.45, 7) is 0. The second kappa shape index (κ2) is 3.71. The molecule has 1 rings (SSSR count). The summed E-state index contributed by atoms with van der Waals surface area (Å²) in [6, 6.07) is 1.73. The van der Waals surface area contributed by atoms with Crippen LogP contribution in [0.1, 0.15) is 12.0 Å². The van der Waals surface area contributed by atoms with Gasteiger partial charge in [-0.15, -0.1) is 0 Å². The van der Waals surface area contributed by atoms with Gasteiger partial charge in [0.1, 0.15) is 0 Å². The quantitative estimate of drug-likeness (QED) is 0.692. The minimum atomic E-state index is -0.808. The Kier molecular flexibility index (Phi) is 2.63. The second-order valence-electron chi connectivity index (χ2n) is 2.52. The average molecular weight is 166 g/mol. The summed E-state index contributed by atoms with van der Waals surface area (Å²) in [4.78, 5) is 14.1. The van der Waals surface area contributed by atoms with Crippen molar-refractivity contribution in [3.63, 3.8) is 0 Å². The third-order valence-electron chi connectivity index (χ3n) is 1.44. The topological polar surface area (TPSA) is 76.2 Å². The van der Waals surface area contributed by atoms with E-state index in [1.165, 1.54) is 6.20 Å². The molecule has 0 saturated carbocycles. The van der Waals surface area contributed by atoms with Gasteiger partial charge in [-0.1, -0.05) is 0 Å². The van der Waals surface area contributed by atoms with E-state index in [1.807, 2.05) is 0 Å². The van der Waals surface area contributed by atoms with Gasteiger partial charge in [0, 0.05) is 18.8 Å². The van der Waals surface area contributed by atoms with Crippen LogP contribution in [0.5, 0.6) is 0 Å². The van der Waals surface area contributed by atoms with E-state index in [1.54, 1.807) is 12.3 Å². The van der Waals surface area contributed by atoms with Crippen LogP contribution in [0.25, 0.3) is 0 Å². The van der Waals surface area contributed by atoms with Gasteiger partial charge in [-0.2, -0.15) is 0 Å². The maximum absolute atomic E-state index is 10.2. The number of nitrogens with two attached hydrogens (primary N) is 1. The fraction of sp³-hybridized carbons (Fsp3) is 0.250. The zero-order valence-corrected chi connectivity index (χ0v) is 6.53. The molecule has 0 bridgehead atoms. The third kappa shape index (κ3) is 2.57. The number of rotatable bonds is 3. The van der Waals surface area contributed by atoms with Crippen LogP contribution in [-0.4, -0.2) is 16.1 Å². The molecule has 4 heteroatoms. The largest absolute Gasteiger partial charge is 0.481 e. The van der Waals surface area contributed by atoms with E-state index < -0.39 is 5.97 Å². The normalized spacial score (nSPS) is 9.67. The van der Waals surface area contributed by atoms with Crippen molar-refractivity contribution in [2.75, 3.05) is 5.73 Å². The van der Waals surface area contributed by atoms with Crippen LogP contribution in [0.2, 0.25) is 0 Å². The number of nitrogen functional groups attached to an aromatic ring is 1.